The molecule has 4 aromatic rings. The van der Waals surface area contributed by atoms with E-state index in [2.05, 4.69) is 37.7 Å². The molecule has 0 saturated carbocycles. The first kappa shape index (κ1) is 16.5. The largest absolute Gasteiger partial charge is 0.454 e. The number of para-hydroxylation sites is 1. The van der Waals surface area contributed by atoms with Crippen molar-refractivity contribution in [3.63, 3.8) is 0 Å². The average molecular weight is 374 g/mol. The van der Waals surface area contributed by atoms with Gasteiger partial charge in [-0.15, -0.1) is 5.10 Å². The van der Waals surface area contributed by atoms with E-state index in [1.165, 1.54) is 0 Å². The molecule has 0 fully saturated rings. The molecule has 1 N–H and O–H groups in total. The van der Waals surface area contributed by atoms with Crippen molar-refractivity contribution in [2.45, 2.75) is 13.0 Å². The summed E-state index contributed by atoms with van der Waals surface area (Å²) >= 11 is 0. The van der Waals surface area contributed by atoms with Gasteiger partial charge in [0.1, 0.15) is 0 Å². The Morgan fingerprint density at radius 2 is 1.96 bits per heavy atom. The van der Waals surface area contributed by atoms with Gasteiger partial charge in [-0.05, 0) is 30.7 Å². The smallest absolute Gasteiger partial charge is 0.243 e. The average Bonchev–Trinajstić information content (AvgIpc) is 3.38. The molecule has 28 heavy (non-hydrogen) atoms. The Morgan fingerprint density at radius 3 is 2.96 bits per heavy atom. The third-order valence-electron chi connectivity index (χ3n) is 4.61. The van der Waals surface area contributed by atoms with Crippen LogP contribution < -0.4 is 14.8 Å². The van der Waals surface area contributed by atoms with Crippen LogP contribution in [0.2, 0.25) is 0 Å². The molecule has 5 rings (SSSR count). The van der Waals surface area contributed by atoms with Crippen LogP contribution in [0, 0.1) is 0 Å². The maximum atomic E-state index is 5.43. The molecule has 140 valence electrons. The first-order chi connectivity index (χ1) is 13.9. The zero-order chi connectivity index (χ0) is 18.8. The number of aromatic nitrogens is 5. The number of nitrogens with zero attached hydrogens (tertiary/aromatic N) is 5. The number of hydrogen-bond acceptors (Lipinski definition) is 7. The van der Waals surface area contributed by atoms with Crippen LogP contribution in [0.1, 0.15) is 6.42 Å². The van der Waals surface area contributed by atoms with E-state index in [-0.39, 0.29) is 6.79 Å². The van der Waals surface area contributed by atoms with Crippen molar-refractivity contribution in [2.24, 2.45) is 0 Å². The number of rotatable bonds is 6. The van der Waals surface area contributed by atoms with Crippen molar-refractivity contribution in [3.8, 4) is 22.8 Å². The van der Waals surface area contributed by atoms with Gasteiger partial charge in [-0.2, -0.15) is 10.2 Å². The maximum absolute atomic E-state index is 5.43. The third-order valence-corrected chi connectivity index (χ3v) is 4.61. The lowest BCUT2D eigenvalue weighted by molar-refractivity contribution is 0.174. The van der Waals surface area contributed by atoms with Crippen LogP contribution in [0.5, 0.6) is 11.5 Å². The van der Waals surface area contributed by atoms with Crippen molar-refractivity contribution < 1.29 is 9.47 Å². The summed E-state index contributed by atoms with van der Waals surface area (Å²) in [6, 6.07) is 13.9. The molecular weight excluding hydrogens is 356 g/mol. The fraction of sp³-hybridized carbons (Fsp3) is 0.200. The predicted molar refractivity (Wildman–Crippen MR) is 104 cm³/mol. The second-order valence-electron chi connectivity index (χ2n) is 6.44. The number of ether oxygens (including phenoxy) is 2. The standard InChI is InChI=1S/C20H18N6O2/c1-2-5-17-15(4-1)11-23-26(17)9-3-8-21-20-24-16(12-22-25-20)14-6-7-18-19(10-14)28-13-27-18/h1-2,4-7,10-12H,3,8-9,13H2,(H,21,24,25). The van der Waals surface area contributed by atoms with Crippen molar-refractivity contribution in [2.75, 3.05) is 18.7 Å². The first-order valence-corrected chi connectivity index (χ1v) is 9.11. The number of benzene rings is 2. The zero-order valence-electron chi connectivity index (χ0n) is 15.1. The van der Waals surface area contributed by atoms with Gasteiger partial charge in [0.25, 0.3) is 0 Å². The highest BCUT2D eigenvalue weighted by atomic mass is 16.7. The molecule has 0 atom stereocenters. The summed E-state index contributed by atoms with van der Waals surface area (Å²) in [4.78, 5) is 4.55. The lowest BCUT2D eigenvalue weighted by Gasteiger charge is -2.07. The molecule has 8 nitrogen and oxygen atoms in total. The fourth-order valence-corrected chi connectivity index (χ4v) is 3.21. The SMILES string of the molecule is c1ccc2c(c1)cnn2CCCNc1nncc(-c2ccc3c(c2)OCO3)n1. The Hall–Kier alpha value is -3.68. The Bertz CT molecular complexity index is 1130. The van der Waals surface area contributed by atoms with E-state index >= 15 is 0 Å². The molecule has 0 spiro atoms. The van der Waals surface area contributed by atoms with E-state index in [9.17, 15) is 0 Å². The molecule has 0 unspecified atom stereocenters. The summed E-state index contributed by atoms with van der Waals surface area (Å²) in [7, 11) is 0. The molecule has 0 amide bonds. The molecule has 0 radical (unpaired) electrons. The Morgan fingerprint density at radius 1 is 1.04 bits per heavy atom. The molecule has 0 bridgehead atoms. The van der Waals surface area contributed by atoms with Crippen molar-refractivity contribution in [3.05, 3.63) is 54.9 Å². The highest BCUT2D eigenvalue weighted by Gasteiger charge is 2.14. The molecule has 8 heteroatoms. The first-order valence-electron chi connectivity index (χ1n) is 9.11. The van der Waals surface area contributed by atoms with Gasteiger partial charge in [-0.3, -0.25) is 4.68 Å². The van der Waals surface area contributed by atoms with Crippen LogP contribution in [0.4, 0.5) is 5.95 Å². The van der Waals surface area contributed by atoms with Crippen molar-refractivity contribution in [1.82, 2.24) is 25.0 Å². The predicted octanol–water partition coefficient (Wildman–Crippen LogP) is 3.12. The van der Waals surface area contributed by atoms with Crippen molar-refractivity contribution >= 4 is 16.9 Å². The molecule has 1 aliphatic heterocycles. The summed E-state index contributed by atoms with van der Waals surface area (Å²) in [6.45, 7) is 1.79. The molecule has 2 aromatic carbocycles. The molecule has 1 aliphatic rings. The minimum absolute atomic E-state index is 0.249. The Labute approximate surface area is 161 Å². The number of anilines is 1. The van der Waals surface area contributed by atoms with Crippen LogP contribution in [0.3, 0.4) is 0 Å². The van der Waals surface area contributed by atoms with Gasteiger partial charge < -0.3 is 14.8 Å². The van der Waals surface area contributed by atoms with E-state index in [0.717, 1.165) is 53.2 Å². The van der Waals surface area contributed by atoms with Gasteiger partial charge in [-0.1, -0.05) is 18.2 Å². The van der Waals surface area contributed by atoms with Gasteiger partial charge in [0.05, 0.1) is 23.6 Å². The summed E-state index contributed by atoms with van der Waals surface area (Å²) in [5.74, 6) is 1.97. The molecule has 2 aromatic heterocycles. The van der Waals surface area contributed by atoms with Crippen LogP contribution in [0.25, 0.3) is 22.2 Å². The Balaban J connectivity index is 1.22. The minimum Gasteiger partial charge on any atom is -0.454 e. The summed E-state index contributed by atoms with van der Waals surface area (Å²) < 4.78 is 12.8. The second kappa shape index (κ2) is 7.15. The van der Waals surface area contributed by atoms with E-state index in [0.29, 0.717) is 5.95 Å². The monoisotopic (exact) mass is 374 g/mol. The van der Waals surface area contributed by atoms with E-state index in [4.69, 9.17) is 9.47 Å². The van der Waals surface area contributed by atoms with Crippen LogP contribution in [-0.2, 0) is 6.54 Å². The maximum Gasteiger partial charge on any atom is 0.243 e. The highest BCUT2D eigenvalue weighted by molar-refractivity contribution is 5.78. The van der Waals surface area contributed by atoms with E-state index < -0.39 is 0 Å². The number of aryl methyl sites for hydroxylation is 1. The fourth-order valence-electron chi connectivity index (χ4n) is 3.21. The van der Waals surface area contributed by atoms with E-state index in [1.807, 2.05) is 41.2 Å². The summed E-state index contributed by atoms with van der Waals surface area (Å²) in [5.41, 5.74) is 2.78. The van der Waals surface area contributed by atoms with Crippen molar-refractivity contribution in [1.29, 1.82) is 0 Å². The molecule has 3 heterocycles. The van der Waals surface area contributed by atoms with Gasteiger partial charge in [0.15, 0.2) is 11.5 Å². The van der Waals surface area contributed by atoms with Gasteiger partial charge in [0, 0.05) is 24.0 Å². The lowest BCUT2D eigenvalue weighted by atomic mass is 10.1. The highest BCUT2D eigenvalue weighted by Crippen LogP contribution is 2.35. The number of nitrogens with one attached hydrogen (secondary N) is 1. The van der Waals surface area contributed by atoms with Gasteiger partial charge in [-0.25, -0.2) is 4.98 Å². The summed E-state index contributed by atoms with van der Waals surface area (Å²) in [6.07, 6.45) is 4.42. The van der Waals surface area contributed by atoms with Gasteiger partial charge >= 0.3 is 0 Å². The quantitative estimate of drug-likeness (QED) is 0.519. The van der Waals surface area contributed by atoms with Gasteiger partial charge in [0.2, 0.25) is 12.7 Å². The number of hydrogen-bond donors (Lipinski definition) is 1. The lowest BCUT2D eigenvalue weighted by Crippen LogP contribution is -2.10. The second-order valence-corrected chi connectivity index (χ2v) is 6.44. The topological polar surface area (TPSA) is 87.0 Å². The Kier molecular flexibility index (Phi) is 4.21. The summed E-state index contributed by atoms with van der Waals surface area (Å²) in [5, 5.41) is 17.0. The van der Waals surface area contributed by atoms with Crippen LogP contribution in [0.15, 0.2) is 54.9 Å². The third kappa shape index (κ3) is 3.20. The zero-order valence-corrected chi connectivity index (χ0v) is 15.1. The van der Waals surface area contributed by atoms with Crippen LogP contribution >= 0.6 is 0 Å². The normalized spacial score (nSPS) is 12.4. The minimum atomic E-state index is 0.249. The van der Waals surface area contributed by atoms with E-state index in [1.54, 1.807) is 6.20 Å². The molecule has 0 saturated heterocycles. The number of fused-ring (bicyclic) bond motifs is 2. The molecular formula is C20H18N6O2. The van der Waals surface area contributed by atoms with Crippen LogP contribution in [-0.4, -0.2) is 38.3 Å². The molecule has 0 aliphatic carbocycles.